The zero-order valence-corrected chi connectivity index (χ0v) is 10.7. The first-order valence-electron chi connectivity index (χ1n) is 4.78. The quantitative estimate of drug-likeness (QED) is 0.684. The molecule has 6 heteroatoms. The summed E-state index contributed by atoms with van der Waals surface area (Å²) in [5.41, 5.74) is 0.185. The van der Waals surface area contributed by atoms with Gasteiger partial charge in [0.15, 0.2) is 0 Å². The van der Waals surface area contributed by atoms with Gasteiger partial charge in [0, 0.05) is 40.0 Å². The third kappa shape index (κ3) is 4.57. The largest absolute Gasteiger partial charge is 0.478 e. The highest BCUT2D eigenvalue weighted by atomic mass is 32.2. The molecule has 16 heavy (non-hydrogen) atoms. The van der Waals surface area contributed by atoms with E-state index >= 15 is 0 Å². The lowest BCUT2D eigenvalue weighted by Crippen LogP contribution is -2.33. The number of carboxylic acids is 1. The highest BCUT2D eigenvalue weighted by Crippen LogP contribution is 2.03. The highest BCUT2D eigenvalue weighted by Gasteiger charge is 2.14. The predicted octanol–water partition coefficient (Wildman–Crippen LogP) is 0.291. The topological polar surface area (TPSA) is 83.5 Å². The summed E-state index contributed by atoms with van der Waals surface area (Å²) in [6, 6.07) is 0. The molecule has 2 N–H and O–H groups in total. The smallest absolute Gasteiger partial charge is 0.331 e. The van der Waals surface area contributed by atoms with Crippen LogP contribution in [-0.2, 0) is 20.4 Å². The van der Waals surface area contributed by atoms with E-state index in [4.69, 9.17) is 5.11 Å². The molecule has 0 aliphatic carbocycles. The van der Waals surface area contributed by atoms with E-state index in [-0.39, 0.29) is 22.9 Å². The van der Waals surface area contributed by atoms with E-state index in [1.807, 2.05) is 0 Å². The minimum absolute atomic E-state index is 0.0165. The molecule has 0 aromatic heterocycles. The first-order chi connectivity index (χ1) is 7.27. The van der Waals surface area contributed by atoms with Crippen LogP contribution < -0.4 is 5.32 Å². The molecule has 0 rings (SSSR count). The van der Waals surface area contributed by atoms with Crippen LogP contribution in [0.4, 0.5) is 0 Å². The van der Waals surface area contributed by atoms with E-state index in [2.05, 4.69) is 5.32 Å². The summed E-state index contributed by atoms with van der Waals surface area (Å²) in [5.74, 6) is -1.54. The maximum absolute atomic E-state index is 11.5. The Morgan fingerprint density at radius 3 is 2.19 bits per heavy atom. The molecule has 0 radical (unpaired) electrons. The minimum Gasteiger partial charge on any atom is -0.478 e. The summed E-state index contributed by atoms with van der Waals surface area (Å²) in [7, 11) is -1.01. The number of carbonyl (C=O) groups excluding carboxylic acids is 1. The van der Waals surface area contributed by atoms with Crippen molar-refractivity contribution in [3.05, 3.63) is 11.1 Å². The Labute approximate surface area is 97.4 Å². The lowest BCUT2D eigenvalue weighted by Gasteiger charge is -2.10. The van der Waals surface area contributed by atoms with Crippen molar-refractivity contribution < 1.29 is 18.9 Å². The van der Waals surface area contributed by atoms with Crippen LogP contribution in [0.3, 0.4) is 0 Å². The molecule has 0 aliphatic heterocycles. The van der Waals surface area contributed by atoms with Gasteiger partial charge in [-0.15, -0.1) is 0 Å². The Kier molecular flexibility index (Phi) is 5.95. The molecule has 0 aliphatic rings. The van der Waals surface area contributed by atoms with Gasteiger partial charge in [0.1, 0.15) is 0 Å². The molecular weight excluding hydrogens is 230 g/mol. The Morgan fingerprint density at radius 2 is 1.81 bits per heavy atom. The minimum atomic E-state index is -1.11. The highest BCUT2D eigenvalue weighted by molar-refractivity contribution is 7.84. The second kappa shape index (κ2) is 6.42. The van der Waals surface area contributed by atoms with Crippen molar-refractivity contribution in [2.45, 2.75) is 26.0 Å². The molecule has 5 nitrogen and oxygen atoms in total. The number of hydrogen-bond acceptors (Lipinski definition) is 3. The molecular formula is C10H17NO4S. The van der Waals surface area contributed by atoms with Crippen molar-refractivity contribution >= 4 is 22.7 Å². The summed E-state index contributed by atoms with van der Waals surface area (Å²) >= 11 is 0. The van der Waals surface area contributed by atoms with Crippen LogP contribution >= 0.6 is 0 Å². The van der Waals surface area contributed by atoms with Crippen LogP contribution in [0.25, 0.3) is 0 Å². The van der Waals surface area contributed by atoms with Gasteiger partial charge in [-0.25, -0.2) is 4.79 Å². The average molecular weight is 247 g/mol. The van der Waals surface area contributed by atoms with Crippen molar-refractivity contribution in [1.82, 2.24) is 5.32 Å². The first kappa shape index (κ1) is 14.8. The van der Waals surface area contributed by atoms with Gasteiger partial charge in [-0.1, -0.05) is 0 Å². The second-order valence-electron chi connectivity index (χ2n) is 3.57. The molecule has 1 amide bonds. The number of rotatable bonds is 5. The van der Waals surface area contributed by atoms with Gasteiger partial charge in [-0.3, -0.25) is 9.00 Å². The zero-order valence-electron chi connectivity index (χ0n) is 9.86. The third-order valence-corrected chi connectivity index (χ3v) is 3.64. The van der Waals surface area contributed by atoms with Gasteiger partial charge >= 0.3 is 5.97 Å². The number of aliphatic carboxylic acids is 1. The van der Waals surface area contributed by atoms with Gasteiger partial charge in [-0.05, 0) is 20.8 Å². The maximum Gasteiger partial charge on any atom is 0.331 e. The molecule has 0 saturated heterocycles. The Balaban J connectivity index is 4.44. The van der Waals surface area contributed by atoms with E-state index in [1.165, 1.54) is 13.8 Å². The summed E-state index contributed by atoms with van der Waals surface area (Å²) < 4.78 is 11.0. The monoisotopic (exact) mass is 247 g/mol. The van der Waals surface area contributed by atoms with Crippen molar-refractivity contribution in [1.29, 1.82) is 0 Å². The molecule has 0 bridgehead atoms. The van der Waals surface area contributed by atoms with E-state index in [0.717, 1.165) is 0 Å². The molecule has 0 saturated carbocycles. The van der Waals surface area contributed by atoms with Crippen LogP contribution in [0.2, 0.25) is 0 Å². The molecule has 0 fully saturated rings. The lowest BCUT2D eigenvalue weighted by atomic mass is 10.1. The fourth-order valence-corrected chi connectivity index (χ4v) is 1.14. The van der Waals surface area contributed by atoms with Crippen LogP contribution in [0.1, 0.15) is 20.8 Å². The maximum atomic E-state index is 11.5. The molecule has 0 aromatic carbocycles. The fraction of sp³-hybridized carbons (Fsp3) is 0.600. The third-order valence-electron chi connectivity index (χ3n) is 2.34. The molecule has 2 unspecified atom stereocenters. The van der Waals surface area contributed by atoms with E-state index in [1.54, 1.807) is 13.2 Å². The van der Waals surface area contributed by atoms with Crippen LogP contribution in [0, 0.1) is 0 Å². The van der Waals surface area contributed by atoms with Crippen molar-refractivity contribution in [2.75, 3.05) is 12.8 Å². The zero-order chi connectivity index (χ0) is 12.9. The number of carboxylic acid groups (broad SMARTS) is 1. The Hall–Kier alpha value is -1.17. The standard InChI is InChI=1S/C10H17NO4S/c1-6(16(4)15)5-11-9(12)7(2)8(3)10(13)14/h6H,5H2,1-4H3,(H,11,12)(H,13,14). The first-order valence-corrected chi connectivity index (χ1v) is 6.40. The van der Waals surface area contributed by atoms with Crippen LogP contribution in [0.15, 0.2) is 11.1 Å². The summed E-state index contributed by atoms with van der Waals surface area (Å²) in [6.45, 7) is 4.84. The number of nitrogens with one attached hydrogen (secondary N) is 1. The van der Waals surface area contributed by atoms with Crippen molar-refractivity contribution in [2.24, 2.45) is 0 Å². The molecule has 0 spiro atoms. The summed E-state index contributed by atoms with van der Waals surface area (Å²) in [5, 5.41) is 11.1. The van der Waals surface area contributed by atoms with Gasteiger partial charge in [0.2, 0.25) is 5.91 Å². The second-order valence-corrected chi connectivity index (χ2v) is 5.38. The van der Waals surface area contributed by atoms with Gasteiger partial charge in [0.05, 0.1) is 0 Å². The Bertz CT molecular complexity index is 349. The van der Waals surface area contributed by atoms with Gasteiger partial charge < -0.3 is 10.4 Å². The number of carbonyl (C=O) groups is 2. The lowest BCUT2D eigenvalue weighted by molar-refractivity contribution is -0.133. The van der Waals surface area contributed by atoms with Crippen molar-refractivity contribution in [3.8, 4) is 0 Å². The molecule has 2 atom stereocenters. The Morgan fingerprint density at radius 1 is 1.31 bits per heavy atom. The average Bonchev–Trinajstić information content (AvgIpc) is 2.22. The van der Waals surface area contributed by atoms with Crippen LogP contribution in [0.5, 0.6) is 0 Å². The van der Waals surface area contributed by atoms with E-state index < -0.39 is 22.7 Å². The SMILES string of the molecule is CC(C(=O)O)=C(C)C(=O)NCC(C)S(C)=O. The molecule has 0 aromatic rings. The van der Waals surface area contributed by atoms with Crippen molar-refractivity contribution in [3.63, 3.8) is 0 Å². The van der Waals surface area contributed by atoms with Crippen LogP contribution in [-0.4, -0.2) is 39.2 Å². The number of amides is 1. The van der Waals surface area contributed by atoms with Gasteiger partial charge in [-0.2, -0.15) is 0 Å². The fourth-order valence-electron chi connectivity index (χ4n) is 0.817. The molecule has 0 heterocycles. The molecule has 92 valence electrons. The van der Waals surface area contributed by atoms with Gasteiger partial charge in [0.25, 0.3) is 0 Å². The normalized spacial score (nSPS) is 16.0. The number of hydrogen-bond donors (Lipinski definition) is 2. The van der Waals surface area contributed by atoms with E-state index in [0.29, 0.717) is 0 Å². The summed E-state index contributed by atoms with van der Waals surface area (Å²) in [6.07, 6.45) is 1.56. The summed E-state index contributed by atoms with van der Waals surface area (Å²) in [4.78, 5) is 22.1. The van der Waals surface area contributed by atoms with E-state index in [9.17, 15) is 13.8 Å². The predicted molar refractivity (Wildman–Crippen MR) is 62.5 cm³/mol.